The topological polar surface area (TPSA) is 164 Å². The monoisotopic (exact) mass is 742 g/mol. The van der Waals surface area contributed by atoms with Gasteiger partial charge in [-0.25, -0.2) is 14.4 Å². The lowest BCUT2D eigenvalue weighted by atomic mass is 10.1. The Hall–Kier alpha value is -6.63. The summed E-state index contributed by atoms with van der Waals surface area (Å²) in [5.74, 6) is 1.89. The normalized spacial score (nSPS) is 10.5. The highest BCUT2D eigenvalue weighted by Gasteiger charge is 2.06. The molecular formula is C43H43FN6O5. The summed E-state index contributed by atoms with van der Waals surface area (Å²) in [5, 5.41) is 6.72. The smallest absolute Gasteiger partial charge is 0.248 e. The lowest BCUT2D eigenvalue weighted by molar-refractivity contribution is 0.0992. The van der Waals surface area contributed by atoms with E-state index in [-0.39, 0.29) is 5.82 Å². The molecule has 2 aromatic heterocycles. The van der Waals surface area contributed by atoms with Crippen LogP contribution in [-0.2, 0) is 25.9 Å². The molecule has 0 saturated heterocycles. The first kappa shape index (κ1) is 39.6. The summed E-state index contributed by atoms with van der Waals surface area (Å²) in [7, 11) is 1.69. The molecular weight excluding hydrogens is 700 g/mol. The number of nitrogens with zero attached hydrogens (tertiary/aromatic N) is 2. The molecule has 0 bridgehead atoms. The Morgan fingerprint density at radius 2 is 1.15 bits per heavy atom. The number of benzene rings is 4. The van der Waals surface area contributed by atoms with Crippen molar-refractivity contribution in [2.45, 2.75) is 25.9 Å². The molecule has 2 heterocycles. The first-order valence-electron chi connectivity index (χ1n) is 17.6. The number of ether oxygens (including phenoxy) is 3. The van der Waals surface area contributed by atoms with Gasteiger partial charge in [-0.3, -0.25) is 9.59 Å². The number of amides is 2. The van der Waals surface area contributed by atoms with Gasteiger partial charge < -0.3 is 36.3 Å². The number of hydrogen-bond acceptors (Lipinski definition) is 9. The number of para-hydroxylation sites is 1. The fourth-order valence-corrected chi connectivity index (χ4v) is 5.29. The molecule has 55 heavy (non-hydrogen) atoms. The van der Waals surface area contributed by atoms with Gasteiger partial charge in [0.1, 0.15) is 23.1 Å². The van der Waals surface area contributed by atoms with Crippen molar-refractivity contribution in [3.63, 3.8) is 0 Å². The summed E-state index contributed by atoms with van der Waals surface area (Å²) in [6.45, 7) is 2.96. The molecule has 0 aliphatic heterocycles. The predicted molar refractivity (Wildman–Crippen MR) is 209 cm³/mol. The van der Waals surface area contributed by atoms with Gasteiger partial charge in [0.2, 0.25) is 23.6 Å². The molecule has 0 aliphatic rings. The maximum absolute atomic E-state index is 13.1. The minimum Gasteiger partial charge on any atom is -0.496 e. The molecule has 282 valence electrons. The number of aromatic nitrogens is 2. The zero-order valence-electron chi connectivity index (χ0n) is 30.4. The molecule has 12 heteroatoms. The molecule has 0 atom stereocenters. The summed E-state index contributed by atoms with van der Waals surface area (Å²) < 4.78 is 29.8. The van der Waals surface area contributed by atoms with Gasteiger partial charge in [0.25, 0.3) is 0 Å². The molecule has 0 saturated carbocycles. The Morgan fingerprint density at radius 1 is 0.618 bits per heavy atom. The maximum atomic E-state index is 13.1. The summed E-state index contributed by atoms with van der Waals surface area (Å²) >= 11 is 0. The number of rotatable bonds is 17. The van der Waals surface area contributed by atoms with Crippen LogP contribution >= 0.6 is 0 Å². The van der Waals surface area contributed by atoms with Crippen molar-refractivity contribution in [3.05, 3.63) is 173 Å². The summed E-state index contributed by atoms with van der Waals surface area (Å²) in [5.41, 5.74) is 15.5. The van der Waals surface area contributed by atoms with Crippen LogP contribution in [0, 0.1) is 5.82 Å². The quantitative estimate of drug-likeness (QED) is 0.0740. The van der Waals surface area contributed by atoms with Crippen molar-refractivity contribution >= 4 is 11.8 Å². The molecule has 0 spiro atoms. The zero-order chi connectivity index (χ0) is 38.8. The lowest BCUT2D eigenvalue weighted by Crippen LogP contribution is -2.17. The van der Waals surface area contributed by atoms with Gasteiger partial charge in [-0.1, -0.05) is 42.5 Å². The first-order valence-corrected chi connectivity index (χ1v) is 17.6. The summed E-state index contributed by atoms with van der Waals surface area (Å²) in [4.78, 5) is 30.7. The van der Waals surface area contributed by atoms with Crippen molar-refractivity contribution in [2.24, 2.45) is 11.5 Å². The summed E-state index contributed by atoms with van der Waals surface area (Å²) in [6.07, 6.45) is 5.17. The minimum absolute atomic E-state index is 0.212. The molecule has 6 aromatic rings. The molecule has 6 rings (SSSR count). The second-order valence-electron chi connectivity index (χ2n) is 12.3. The second kappa shape index (κ2) is 20.6. The predicted octanol–water partition coefficient (Wildman–Crippen LogP) is 6.76. The number of methoxy groups -OCH3 is 1. The van der Waals surface area contributed by atoms with E-state index in [0.717, 1.165) is 54.9 Å². The molecule has 0 fully saturated rings. The van der Waals surface area contributed by atoms with Gasteiger partial charge in [-0.05, 0) is 115 Å². The molecule has 6 N–H and O–H groups in total. The first-order chi connectivity index (χ1) is 26.7. The van der Waals surface area contributed by atoms with Crippen LogP contribution in [0.4, 0.5) is 4.39 Å². The highest BCUT2D eigenvalue weighted by Crippen LogP contribution is 2.22. The van der Waals surface area contributed by atoms with E-state index in [1.165, 1.54) is 11.6 Å². The number of halogens is 1. The van der Waals surface area contributed by atoms with Crippen LogP contribution in [-0.4, -0.2) is 42.0 Å². The van der Waals surface area contributed by atoms with E-state index in [1.807, 2.05) is 42.5 Å². The van der Waals surface area contributed by atoms with Gasteiger partial charge >= 0.3 is 0 Å². The SMILES string of the molecule is COc1ccccc1CCNCc1ccc(Oc2ccc(C(N)=O)cc2)nc1.NC(=O)c1ccc(Oc2ccc(CNCCc3cccc(F)c3)cn2)cc1. The Labute approximate surface area is 319 Å². The minimum atomic E-state index is -0.478. The Kier molecular flexibility index (Phi) is 14.8. The van der Waals surface area contributed by atoms with E-state index in [1.54, 1.807) is 86.2 Å². The number of carbonyl (C=O) groups excluding carboxylic acids is 2. The highest BCUT2D eigenvalue weighted by atomic mass is 19.1. The molecule has 0 radical (unpaired) electrons. The Balaban J connectivity index is 0.000000211. The maximum Gasteiger partial charge on any atom is 0.248 e. The third kappa shape index (κ3) is 13.1. The third-order valence-electron chi connectivity index (χ3n) is 8.22. The number of nitrogens with two attached hydrogens (primary N) is 2. The number of nitrogens with one attached hydrogen (secondary N) is 2. The van der Waals surface area contributed by atoms with Gasteiger partial charge in [-0.15, -0.1) is 0 Å². The number of hydrogen-bond donors (Lipinski definition) is 4. The standard InChI is InChI=1S/C22H23N3O3.C21H20FN3O2/c1-27-20-5-3-2-4-17(20)12-13-24-14-16-6-11-21(25-15-16)28-19-9-7-18(8-10-19)22(23)26;22-18-3-1-2-15(12-18)10-11-24-13-16-4-9-20(25-14-16)27-19-7-5-17(6-8-19)21(23)26/h2-11,15,24H,12-14H2,1H3,(H2,23,26);1-9,12,14,24H,10-11,13H2,(H2,23,26). The van der Waals surface area contributed by atoms with Crippen molar-refractivity contribution < 1.29 is 28.2 Å². The van der Waals surface area contributed by atoms with Crippen LogP contribution in [0.3, 0.4) is 0 Å². The van der Waals surface area contributed by atoms with E-state index in [2.05, 4.69) is 26.7 Å². The van der Waals surface area contributed by atoms with E-state index in [4.69, 9.17) is 25.7 Å². The Bertz CT molecular complexity index is 2110. The highest BCUT2D eigenvalue weighted by molar-refractivity contribution is 5.93. The number of pyridine rings is 2. The van der Waals surface area contributed by atoms with Crippen LogP contribution in [0.15, 0.2) is 134 Å². The van der Waals surface area contributed by atoms with E-state index in [0.29, 0.717) is 40.9 Å². The number of carbonyl (C=O) groups is 2. The summed E-state index contributed by atoms with van der Waals surface area (Å²) in [6, 6.07) is 35.3. The van der Waals surface area contributed by atoms with Crippen LogP contribution in [0.2, 0.25) is 0 Å². The van der Waals surface area contributed by atoms with Gasteiger partial charge in [-0.2, -0.15) is 0 Å². The largest absolute Gasteiger partial charge is 0.496 e. The average Bonchev–Trinajstić information content (AvgIpc) is 3.20. The molecule has 0 unspecified atom stereocenters. The number of primary amides is 2. The molecule has 4 aromatic carbocycles. The van der Waals surface area contributed by atoms with Gasteiger partial charge in [0.05, 0.1) is 7.11 Å². The van der Waals surface area contributed by atoms with Gasteiger partial charge in [0, 0.05) is 48.7 Å². The van der Waals surface area contributed by atoms with Crippen molar-refractivity contribution in [2.75, 3.05) is 20.2 Å². The molecule has 2 amide bonds. The van der Waals surface area contributed by atoms with E-state index < -0.39 is 11.8 Å². The average molecular weight is 743 g/mol. The zero-order valence-corrected chi connectivity index (χ0v) is 30.4. The van der Waals surface area contributed by atoms with Gasteiger partial charge in [0.15, 0.2) is 0 Å². The van der Waals surface area contributed by atoms with Crippen molar-refractivity contribution in [1.29, 1.82) is 0 Å². The second-order valence-corrected chi connectivity index (χ2v) is 12.3. The van der Waals surface area contributed by atoms with Crippen LogP contribution < -0.4 is 36.3 Å². The van der Waals surface area contributed by atoms with Crippen LogP contribution in [0.25, 0.3) is 0 Å². The molecule has 11 nitrogen and oxygen atoms in total. The fourth-order valence-electron chi connectivity index (χ4n) is 5.29. The van der Waals surface area contributed by atoms with E-state index >= 15 is 0 Å². The fraction of sp³-hybridized carbons (Fsp3) is 0.163. The third-order valence-corrected chi connectivity index (χ3v) is 8.22. The van der Waals surface area contributed by atoms with Crippen LogP contribution in [0.5, 0.6) is 29.0 Å². The molecule has 0 aliphatic carbocycles. The van der Waals surface area contributed by atoms with Crippen LogP contribution in [0.1, 0.15) is 43.0 Å². The van der Waals surface area contributed by atoms with Crippen molar-refractivity contribution in [3.8, 4) is 29.0 Å². The van der Waals surface area contributed by atoms with Crippen molar-refractivity contribution in [1.82, 2.24) is 20.6 Å². The lowest BCUT2D eigenvalue weighted by Gasteiger charge is -2.09. The van der Waals surface area contributed by atoms with E-state index in [9.17, 15) is 14.0 Å². The Morgan fingerprint density at radius 3 is 1.62 bits per heavy atom.